The number of anilines is 1. The van der Waals surface area contributed by atoms with Crippen molar-refractivity contribution in [2.45, 2.75) is 32.1 Å². The predicted molar refractivity (Wildman–Crippen MR) is 100 cm³/mol. The maximum Gasteiger partial charge on any atom is 0.299 e. The zero-order valence-corrected chi connectivity index (χ0v) is 16.4. The highest BCUT2D eigenvalue weighted by Gasteiger charge is 2.31. The minimum absolute atomic E-state index is 0.275. The third-order valence-electron chi connectivity index (χ3n) is 4.77. The third kappa shape index (κ3) is 3.19. The molecular formula is C17H22N6O3S. The highest BCUT2D eigenvalue weighted by molar-refractivity contribution is 7.89. The molecule has 1 aliphatic heterocycles. The average Bonchev–Trinajstić information content (AvgIpc) is 3.07. The summed E-state index contributed by atoms with van der Waals surface area (Å²) < 4.78 is 33.5. The zero-order valence-electron chi connectivity index (χ0n) is 15.6. The Balaban J connectivity index is 1.56. The van der Waals surface area contributed by atoms with Crippen molar-refractivity contribution < 1.29 is 12.8 Å². The summed E-state index contributed by atoms with van der Waals surface area (Å²) in [6.45, 7) is 7.31. The number of H-pyrrole nitrogens is 1. The lowest BCUT2D eigenvalue weighted by Crippen LogP contribution is -2.35. The van der Waals surface area contributed by atoms with Crippen molar-refractivity contribution in [2.75, 3.05) is 31.1 Å². The van der Waals surface area contributed by atoms with Gasteiger partial charge in [-0.1, -0.05) is 0 Å². The predicted octanol–water partition coefficient (Wildman–Crippen LogP) is 1.77. The Morgan fingerprint density at radius 3 is 2.63 bits per heavy atom. The van der Waals surface area contributed by atoms with Crippen molar-refractivity contribution >= 4 is 27.3 Å². The number of hydrogen-bond donors (Lipinski definition) is 1. The number of aromatic nitrogens is 4. The van der Waals surface area contributed by atoms with Gasteiger partial charge in [-0.2, -0.15) is 14.4 Å². The van der Waals surface area contributed by atoms with Crippen LogP contribution in [0.2, 0.25) is 0 Å². The van der Waals surface area contributed by atoms with Gasteiger partial charge in [-0.05, 0) is 39.3 Å². The number of pyridine rings is 1. The van der Waals surface area contributed by atoms with E-state index in [1.54, 1.807) is 13.8 Å². The van der Waals surface area contributed by atoms with Gasteiger partial charge in [0.15, 0.2) is 5.58 Å². The molecular weight excluding hydrogens is 368 g/mol. The first kappa shape index (κ1) is 17.9. The summed E-state index contributed by atoms with van der Waals surface area (Å²) in [7, 11) is -3.59. The first-order valence-corrected chi connectivity index (χ1v) is 10.3. The molecule has 0 aromatic carbocycles. The van der Waals surface area contributed by atoms with Gasteiger partial charge in [0.25, 0.3) is 6.01 Å². The normalized spacial score (nSPS) is 16.8. The van der Waals surface area contributed by atoms with Crippen molar-refractivity contribution in [3.05, 3.63) is 29.2 Å². The minimum atomic E-state index is -3.59. The molecule has 4 heterocycles. The van der Waals surface area contributed by atoms with Crippen LogP contribution in [0.5, 0.6) is 0 Å². The Hall–Kier alpha value is -2.46. The van der Waals surface area contributed by atoms with Crippen LogP contribution in [-0.4, -0.2) is 59.1 Å². The molecule has 0 spiro atoms. The molecule has 0 radical (unpaired) electrons. The van der Waals surface area contributed by atoms with Crippen LogP contribution in [0.1, 0.15) is 23.5 Å². The molecule has 1 aliphatic rings. The van der Waals surface area contributed by atoms with E-state index in [1.165, 1.54) is 4.31 Å². The first-order valence-electron chi connectivity index (χ1n) is 8.87. The molecule has 0 unspecified atom stereocenters. The van der Waals surface area contributed by atoms with E-state index in [-0.39, 0.29) is 4.90 Å². The largest absolute Gasteiger partial charge is 0.422 e. The Labute approximate surface area is 157 Å². The van der Waals surface area contributed by atoms with Gasteiger partial charge in [-0.25, -0.2) is 13.4 Å². The highest BCUT2D eigenvalue weighted by atomic mass is 32.2. The fourth-order valence-electron chi connectivity index (χ4n) is 3.41. The second-order valence-corrected chi connectivity index (χ2v) is 8.65. The number of aromatic amines is 1. The monoisotopic (exact) mass is 390 g/mol. The van der Waals surface area contributed by atoms with E-state index in [0.717, 1.165) is 5.69 Å². The molecule has 0 aliphatic carbocycles. The van der Waals surface area contributed by atoms with Crippen LogP contribution in [-0.2, 0) is 10.0 Å². The number of nitrogens with one attached hydrogen (secondary N) is 1. The molecule has 0 amide bonds. The summed E-state index contributed by atoms with van der Waals surface area (Å²) in [5.41, 5.74) is 3.14. The SMILES string of the molecule is Cc1ccc2oc(N3CCCN(S(=O)(=O)c4c(C)n[nH]c4C)CC3)nc2n1. The summed E-state index contributed by atoms with van der Waals surface area (Å²) in [6.07, 6.45) is 0.681. The molecule has 3 aromatic heterocycles. The average molecular weight is 390 g/mol. The van der Waals surface area contributed by atoms with Crippen LogP contribution in [0.4, 0.5) is 6.01 Å². The zero-order chi connectivity index (χ0) is 19.2. The molecule has 10 heteroatoms. The van der Waals surface area contributed by atoms with E-state index in [1.807, 2.05) is 24.0 Å². The lowest BCUT2D eigenvalue weighted by atomic mass is 10.4. The number of nitrogens with zero attached hydrogens (tertiary/aromatic N) is 5. The number of oxazole rings is 1. The number of aryl methyl sites for hydroxylation is 3. The summed E-state index contributed by atoms with van der Waals surface area (Å²) in [5, 5.41) is 6.78. The van der Waals surface area contributed by atoms with Crippen molar-refractivity contribution in [2.24, 2.45) is 0 Å². The fraction of sp³-hybridized carbons (Fsp3) is 0.471. The molecule has 1 saturated heterocycles. The summed E-state index contributed by atoms with van der Waals surface area (Å²) in [5.74, 6) is 0. The maximum atomic E-state index is 13.1. The van der Waals surface area contributed by atoms with E-state index in [2.05, 4.69) is 20.2 Å². The van der Waals surface area contributed by atoms with Crippen molar-refractivity contribution in [1.82, 2.24) is 24.5 Å². The summed E-state index contributed by atoms with van der Waals surface area (Å²) >= 11 is 0. The number of hydrogen-bond acceptors (Lipinski definition) is 7. The smallest absolute Gasteiger partial charge is 0.299 e. The van der Waals surface area contributed by atoms with E-state index >= 15 is 0 Å². The lowest BCUT2D eigenvalue weighted by molar-refractivity contribution is 0.431. The Morgan fingerprint density at radius 1 is 1.07 bits per heavy atom. The topological polar surface area (TPSA) is 108 Å². The van der Waals surface area contributed by atoms with Gasteiger partial charge >= 0.3 is 0 Å². The molecule has 0 atom stereocenters. The minimum Gasteiger partial charge on any atom is -0.422 e. The fourth-order valence-corrected chi connectivity index (χ4v) is 5.21. The Morgan fingerprint density at radius 2 is 1.89 bits per heavy atom. The first-order chi connectivity index (χ1) is 12.9. The highest BCUT2D eigenvalue weighted by Crippen LogP contribution is 2.25. The molecule has 0 bridgehead atoms. The molecule has 9 nitrogen and oxygen atoms in total. The Kier molecular flexibility index (Phi) is 4.39. The number of fused-ring (bicyclic) bond motifs is 1. The van der Waals surface area contributed by atoms with E-state index < -0.39 is 10.0 Å². The van der Waals surface area contributed by atoms with Gasteiger partial charge < -0.3 is 9.32 Å². The van der Waals surface area contributed by atoms with Crippen molar-refractivity contribution in [1.29, 1.82) is 0 Å². The van der Waals surface area contributed by atoms with Gasteiger partial charge in [-0.15, -0.1) is 0 Å². The second-order valence-electron chi connectivity index (χ2n) is 6.78. The summed E-state index contributed by atoms with van der Waals surface area (Å²) in [4.78, 5) is 11.1. The van der Waals surface area contributed by atoms with Crippen molar-refractivity contribution in [3.63, 3.8) is 0 Å². The third-order valence-corrected chi connectivity index (χ3v) is 6.93. The van der Waals surface area contributed by atoms with Gasteiger partial charge in [0.05, 0.1) is 11.4 Å². The van der Waals surface area contributed by atoms with Gasteiger partial charge in [0.1, 0.15) is 4.90 Å². The molecule has 3 aromatic rings. The van der Waals surface area contributed by atoms with Crippen molar-refractivity contribution in [3.8, 4) is 0 Å². The van der Waals surface area contributed by atoms with Crippen LogP contribution in [0, 0.1) is 20.8 Å². The van der Waals surface area contributed by atoms with Gasteiger partial charge in [0, 0.05) is 31.9 Å². The number of rotatable bonds is 3. The van der Waals surface area contributed by atoms with Gasteiger partial charge in [0.2, 0.25) is 15.7 Å². The van der Waals surface area contributed by atoms with Crippen LogP contribution in [0.25, 0.3) is 11.2 Å². The standard InChI is InChI=1S/C17H22N6O3S/c1-11-5-6-14-16(18-11)19-17(26-14)22-7-4-8-23(10-9-22)27(24,25)15-12(2)20-21-13(15)3/h5-6H,4,7-10H2,1-3H3,(H,20,21). The lowest BCUT2D eigenvalue weighted by Gasteiger charge is -2.21. The Bertz CT molecular complexity index is 1070. The molecule has 1 fully saturated rings. The van der Waals surface area contributed by atoms with Gasteiger partial charge in [-0.3, -0.25) is 5.10 Å². The van der Waals surface area contributed by atoms with Crippen LogP contribution in [0.15, 0.2) is 21.4 Å². The van der Waals surface area contributed by atoms with Crippen LogP contribution >= 0.6 is 0 Å². The molecule has 4 rings (SSSR count). The number of sulfonamides is 1. The van der Waals surface area contributed by atoms with E-state index in [4.69, 9.17) is 4.42 Å². The maximum absolute atomic E-state index is 13.1. The quantitative estimate of drug-likeness (QED) is 0.726. The second kappa shape index (κ2) is 6.61. The molecule has 27 heavy (non-hydrogen) atoms. The summed E-state index contributed by atoms with van der Waals surface area (Å²) in [6, 6.07) is 4.22. The van der Waals surface area contributed by atoms with Crippen LogP contribution < -0.4 is 4.90 Å². The van der Waals surface area contributed by atoms with E-state index in [0.29, 0.717) is 61.2 Å². The molecule has 144 valence electrons. The molecule has 1 N–H and O–H groups in total. The van der Waals surface area contributed by atoms with E-state index in [9.17, 15) is 8.42 Å². The molecule has 0 saturated carbocycles. The van der Waals surface area contributed by atoms with Crippen LogP contribution in [0.3, 0.4) is 0 Å².